The number of hydrogen-bond acceptors (Lipinski definition) is 5. The van der Waals surface area contributed by atoms with Gasteiger partial charge >= 0.3 is 0 Å². The molecule has 1 amide bonds. The number of aromatic amines is 1. The zero-order chi connectivity index (χ0) is 24.1. The maximum Gasteiger partial charge on any atom is 0.255 e. The molecule has 3 N–H and O–H groups in total. The number of aromatic nitrogens is 1. The summed E-state index contributed by atoms with van der Waals surface area (Å²) < 4.78 is 19.5. The molecule has 34 heavy (non-hydrogen) atoms. The first kappa shape index (κ1) is 23.5. The second kappa shape index (κ2) is 10.5. The van der Waals surface area contributed by atoms with E-state index in [-0.39, 0.29) is 18.3 Å². The van der Waals surface area contributed by atoms with Crippen LogP contribution < -0.4 is 10.1 Å². The van der Waals surface area contributed by atoms with Gasteiger partial charge in [0.2, 0.25) is 0 Å². The molecule has 1 atom stereocenters. The fourth-order valence-corrected chi connectivity index (χ4v) is 4.56. The number of carbonyl (C=O) groups excluding carboxylic acids is 1. The Kier molecular flexibility index (Phi) is 7.26. The van der Waals surface area contributed by atoms with E-state index in [1.807, 2.05) is 19.1 Å². The van der Waals surface area contributed by atoms with Crippen LogP contribution in [-0.2, 0) is 6.42 Å². The number of thiophene rings is 1. The van der Waals surface area contributed by atoms with Crippen LogP contribution in [0.15, 0.2) is 54.7 Å². The maximum atomic E-state index is 13.7. The van der Waals surface area contributed by atoms with E-state index in [1.54, 1.807) is 30.5 Å². The molecule has 0 aliphatic heterocycles. The first-order valence-electron chi connectivity index (χ1n) is 11.0. The van der Waals surface area contributed by atoms with Gasteiger partial charge in [-0.2, -0.15) is 5.26 Å². The number of aliphatic hydroxyl groups is 1. The highest BCUT2D eigenvalue weighted by molar-refractivity contribution is 7.16. The molecule has 0 saturated carbocycles. The molecule has 4 aromatic rings. The van der Waals surface area contributed by atoms with Gasteiger partial charge in [-0.1, -0.05) is 6.92 Å². The molecule has 0 aliphatic carbocycles. The standard InChI is InChI=1S/C26H24FN3O3S/c1-2-9-33-24-7-3-16(25-8-5-20(13-28)34-25)11-22(24)26(32)30-19(15-31)10-17-14-29-23-6-4-18(27)12-21(17)23/h3-8,11-12,14,19,29,31H,2,9-10,15H2,1H3,(H,30,32). The summed E-state index contributed by atoms with van der Waals surface area (Å²) in [5.74, 6) is -0.276. The highest BCUT2D eigenvalue weighted by Crippen LogP contribution is 2.32. The van der Waals surface area contributed by atoms with Crippen LogP contribution in [0.1, 0.15) is 34.1 Å². The molecule has 2 aromatic heterocycles. The van der Waals surface area contributed by atoms with E-state index in [1.165, 1.54) is 23.5 Å². The van der Waals surface area contributed by atoms with Crippen LogP contribution in [0.3, 0.4) is 0 Å². The van der Waals surface area contributed by atoms with Crippen molar-refractivity contribution in [2.24, 2.45) is 0 Å². The lowest BCUT2D eigenvalue weighted by atomic mass is 10.0. The number of ether oxygens (including phenoxy) is 1. The number of carbonyl (C=O) groups is 1. The molecule has 1 unspecified atom stereocenters. The normalized spacial score (nSPS) is 11.8. The van der Waals surface area contributed by atoms with Crippen LogP contribution in [-0.4, -0.2) is 35.3 Å². The molecule has 6 nitrogen and oxygen atoms in total. The summed E-state index contributed by atoms with van der Waals surface area (Å²) in [6, 6.07) is 15.0. The number of rotatable bonds is 9. The Morgan fingerprint density at radius 3 is 2.85 bits per heavy atom. The number of halogens is 1. The van der Waals surface area contributed by atoms with Crippen molar-refractivity contribution in [1.29, 1.82) is 5.26 Å². The molecule has 2 aromatic carbocycles. The quantitative estimate of drug-likeness (QED) is 0.315. The van der Waals surface area contributed by atoms with Crippen LogP contribution in [0.25, 0.3) is 21.3 Å². The number of aliphatic hydroxyl groups excluding tert-OH is 1. The van der Waals surface area contributed by atoms with Crippen LogP contribution >= 0.6 is 11.3 Å². The molecular weight excluding hydrogens is 453 g/mol. The minimum Gasteiger partial charge on any atom is -0.493 e. The number of H-pyrrole nitrogens is 1. The van der Waals surface area contributed by atoms with E-state index >= 15 is 0 Å². The second-order valence-corrected chi connectivity index (χ2v) is 8.98. The molecule has 0 radical (unpaired) electrons. The van der Waals surface area contributed by atoms with E-state index in [0.717, 1.165) is 27.9 Å². The van der Waals surface area contributed by atoms with E-state index < -0.39 is 6.04 Å². The van der Waals surface area contributed by atoms with Gasteiger partial charge in [-0.25, -0.2) is 4.39 Å². The highest BCUT2D eigenvalue weighted by Gasteiger charge is 2.20. The molecule has 174 valence electrons. The van der Waals surface area contributed by atoms with Gasteiger partial charge in [-0.05, 0) is 72.5 Å². The summed E-state index contributed by atoms with van der Waals surface area (Å²) >= 11 is 1.35. The van der Waals surface area contributed by atoms with Gasteiger partial charge in [0.25, 0.3) is 5.91 Å². The van der Waals surface area contributed by atoms with Crippen molar-refractivity contribution in [3.8, 4) is 22.3 Å². The summed E-state index contributed by atoms with van der Waals surface area (Å²) in [6.45, 7) is 2.16. The largest absolute Gasteiger partial charge is 0.493 e. The maximum absolute atomic E-state index is 13.7. The third-order valence-corrected chi connectivity index (χ3v) is 6.48. The lowest BCUT2D eigenvalue weighted by Gasteiger charge is -2.18. The predicted molar refractivity (Wildman–Crippen MR) is 131 cm³/mol. The van der Waals surface area contributed by atoms with Crippen LogP contribution in [0, 0.1) is 17.1 Å². The number of nitrogens with zero attached hydrogens (tertiary/aromatic N) is 1. The first-order chi connectivity index (χ1) is 16.5. The van der Waals surface area contributed by atoms with Crippen LogP contribution in [0.5, 0.6) is 5.75 Å². The average molecular weight is 478 g/mol. The number of benzene rings is 2. The minimum absolute atomic E-state index is 0.283. The molecule has 0 aliphatic rings. The van der Waals surface area contributed by atoms with Gasteiger partial charge < -0.3 is 20.1 Å². The predicted octanol–water partition coefficient (Wildman–Crippen LogP) is 5.03. The summed E-state index contributed by atoms with van der Waals surface area (Å²) in [7, 11) is 0. The fraction of sp³-hybridized carbons (Fsp3) is 0.231. The van der Waals surface area contributed by atoms with Crippen molar-refractivity contribution in [1.82, 2.24) is 10.3 Å². The summed E-state index contributed by atoms with van der Waals surface area (Å²) in [5.41, 5.74) is 2.73. The van der Waals surface area contributed by atoms with Crippen molar-refractivity contribution < 1.29 is 19.0 Å². The van der Waals surface area contributed by atoms with Gasteiger partial charge in [0, 0.05) is 22.0 Å². The van der Waals surface area contributed by atoms with E-state index in [0.29, 0.717) is 34.6 Å². The Balaban J connectivity index is 1.59. The zero-order valence-corrected chi connectivity index (χ0v) is 19.4. The van der Waals surface area contributed by atoms with Crippen molar-refractivity contribution in [3.05, 3.63) is 76.5 Å². The first-order valence-corrected chi connectivity index (χ1v) is 11.8. The smallest absolute Gasteiger partial charge is 0.255 e. The van der Waals surface area contributed by atoms with Gasteiger partial charge in [0.1, 0.15) is 22.5 Å². The Labute approximate surface area is 200 Å². The fourth-order valence-electron chi connectivity index (χ4n) is 3.76. The Morgan fingerprint density at radius 1 is 1.26 bits per heavy atom. The molecule has 0 saturated heterocycles. The number of nitriles is 1. The average Bonchev–Trinajstić information content (AvgIpc) is 3.49. The van der Waals surface area contributed by atoms with Gasteiger partial charge in [-0.3, -0.25) is 4.79 Å². The Hall–Kier alpha value is -3.67. The van der Waals surface area contributed by atoms with Crippen molar-refractivity contribution in [2.45, 2.75) is 25.8 Å². The lowest BCUT2D eigenvalue weighted by molar-refractivity contribution is 0.0912. The SMILES string of the molecule is CCCOc1ccc(-c2ccc(C#N)s2)cc1C(=O)NC(CO)Cc1c[nH]c2ccc(F)cc12. The third-order valence-electron chi connectivity index (χ3n) is 5.44. The molecule has 0 spiro atoms. The van der Waals surface area contributed by atoms with E-state index in [2.05, 4.69) is 16.4 Å². The number of fused-ring (bicyclic) bond motifs is 1. The van der Waals surface area contributed by atoms with Gasteiger partial charge in [0.15, 0.2) is 0 Å². The molecule has 0 bridgehead atoms. The lowest BCUT2D eigenvalue weighted by Crippen LogP contribution is -2.39. The molecule has 4 rings (SSSR count). The Morgan fingerprint density at radius 2 is 2.12 bits per heavy atom. The molecule has 2 heterocycles. The monoisotopic (exact) mass is 477 g/mol. The van der Waals surface area contributed by atoms with E-state index in [9.17, 15) is 14.3 Å². The zero-order valence-electron chi connectivity index (χ0n) is 18.6. The van der Waals surface area contributed by atoms with Crippen LogP contribution in [0.4, 0.5) is 4.39 Å². The number of nitrogens with one attached hydrogen (secondary N) is 2. The van der Waals surface area contributed by atoms with Gasteiger partial charge in [-0.15, -0.1) is 11.3 Å². The summed E-state index contributed by atoms with van der Waals surface area (Å²) in [5, 5.41) is 22.7. The summed E-state index contributed by atoms with van der Waals surface area (Å²) in [4.78, 5) is 17.8. The van der Waals surface area contributed by atoms with Crippen molar-refractivity contribution >= 4 is 28.1 Å². The number of hydrogen-bond donors (Lipinski definition) is 3. The number of amides is 1. The topological polar surface area (TPSA) is 98.1 Å². The van der Waals surface area contributed by atoms with Crippen LogP contribution in [0.2, 0.25) is 0 Å². The van der Waals surface area contributed by atoms with E-state index in [4.69, 9.17) is 10.00 Å². The highest BCUT2D eigenvalue weighted by atomic mass is 32.1. The Bertz CT molecular complexity index is 1360. The van der Waals surface area contributed by atoms with Crippen molar-refractivity contribution in [2.75, 3.05) is 13.2 Å². The molecule has 8 heteroatoms. The summed E-state index contributed by atoms with van der Waals surface area (Å²) in [6.07, 6.45) is 2.88. The van der Waals surface area contributed by atoms with Gasteiger partial charge in [0.05, 0.1) is 24.8 Å². The third kappa shape index (κ3) is 5.11. The second-order valence-electron chi connectivity index (χ2n) is 7.90. The van der Waals surface area contributed by atoms with Crippen molar-refractivity contribution in [3.63, 3.8) is 0 Å². The minimum atomic E-state index is -0.579. The molecule has 0 fully saturated rings. The molecular formula is C26H24FN3O3S.